The molecule has 0 bridgehead atoms. The Morgan fingerprint density at radius 3 is 2.96 bits per heavy atom. The fourth-order valence-electron chi connectivity index (χ4n) is 4.35. The molecule has 6 heteroatoms. The number of amides is 1. The van der Waals surface area contributed by atoms with Crippen LogP contribution in [-0.2, 0) is 4.74 Å². The SMILES string of the molecule is O=C1NCC(c2nc(C3CCOC4(CCC4)C3)no2)c2ccccc21. The van der Waals surface area contributed by atoms with Gasteiger partial charge in [0.1, 0.15) is 0 Å². The monoisotopic (exact) mass is 339 g/mol. The van der Waals surface area contributed by atoms with E-state index in [-0.39, 0.29) is 17.4 Å². The summed E-state index contributed by atoms with van der Waals surface area (Å²) in [6.45, 7) is 1.27. The molecule has 3 aliphatic rings. The molecule has 25 heavy (non-hydrogen) atoms. The van der Waals surface area contributed by atoms with Crippen molar-refractivity contribution in [2.24, 2.45) is 0 Å². The maximum atomic E-state index is 12.0. The summed E-state index contributed by atoms with van der Waals surface area (Å²) in [6.07, 6.45) is 5.48. The van der Waals surface area contributed by atoms with E-state index in [9.17, 15) is 4.79 Å². The summed E-state index contributed by atoms with van der Waals surface area (Å²) in [5.41, 5.74) is 1.72. The van der Waals surface area contributed by atoms with E-state index in [0.717, 1.165) is 43.7 Å². The van der Waals surface area contributed by atoms with Crippen molar-refractivity contribution in [3.05, 3.63) is 47.1 Å². The minimum atomic E-state index is -0.0762. The molecule has 3 heterocycles. The number of nitrogens with one attached hydrogen (secondary N) is 1. The fourth-order valence-corrected chi connectivity index (χ4v) is 4.35. The Balaban J connectivity index is 1.42. The average Bonchev–Trinajstić information content (AvgIpc) is 3.11. The summed E-state index contributed by atoms with van der Waals surface area (Å²) >= 11 is 0. The van der Waals surface area contributed by atoms with Crippen molar-refractivity contribution in [3.8, 4) is 0 Å². The molecule has 2 aromatic rings. The quantitative estimate of drug-likeness (QED) is 0.910. The zero-order valence-electron chi connectivity index (χ0n) is 14.0. The van der Waals surface area contributed by atoms with Gasteiger partial charge in [0, 0.05) is 24.6 Å². The molecule has 6 nitrogen and oxygen atoms in total. The van der Waals surface area contributed by atoms with Gasteiger partial charge in [0.2, 0.25) is 5.89 Å². The highest BCUT2D eigenvalue weighted by atomic mass is 16.5. The predicted molar refractivity (Wildman–Crippen MR) is 89.4 cm³/mol. The van der Waals surface area contributed by atoms with Crippen LogP contribution in [0.1, 0.15) is 71.6 Å². The standard InChI is InChI=1S/C19H21N3O3/c23-17-14-5-2-1-4-13(14)15(11-20-17)18-21-16(22-25-18)12-6-9-24-19(10-12)7-3-8-19/h1-2,4-5,12,15H,3,6-11H2,(H,20,23). The van der Waals surface area contributed by atoms with Gasteiger partial charge < -0.3 is 14.6 Å². The zero-order valence-corrected chi connectivity index (χ0v) is 14.0. The summed E-state index contributed by atoms with van der Waals surface area (Å²) in [7, 11) is 0. The Morgan fingerprint density at radius 2 is 2.12 bits per heavy atom. The molecule has 1 saturated carbocycles. The van der Waals surface area contributed by atoms with Crippen molar-refractivity contribution in [2.75, 3.05) is 13.2 Å². The van der Waals surface area contributed by atoms with E-state index in [1.54, 1.807) is 0 Å². The Bertz CT molecular complexity index is 812. The van der Waals surface area contributed by atoms with Crippen LogP contribution in [0.3, 0.4) is 0 Å². The van der Waals surface area contributed by atoms with E-state index in [2.05, 4.69) is 10.5 Å². The molecule has 2 unspecified atom stereocenters. The van der Waals surface area contributed by atoms with Crippen LogP contribution in [0.15, 0.2) is 28.8 Å². The minimum Gasteiger partial charge on any atom is -0.375 e. The molecular formula is C19H21N3O3. The van der Waals surface area contributed by atoms with E-state index in [1.807, 2.05) is 24.3 Å². The lowest BCUT2D eigenvalue weighted by atomic mass is 9.72. The second-order valence-corrected chi connectivity index (χ2v) is 7.42. The highest BCUT2D eigenvalue weighted by Crippen LogP contribution is 2.46. The van der Waals surface area contributed by atoms with Crippen LogP contribution in [0.2, 0.25) is 0 Å². The topological polar surface area (TPSA) is 77.2 Å². The third-order valence-corrected chi connectivity index (χ3v) is 5.93. The van der Waals surface area contributed by atoms with Crippen molar-refractivity contribution in [1.29, 1.82) is 0 Å². The van der Waals surface area contributed by atoms with Gasteiger partial charge in [-0.2, -0.15) is 4.98 Å². The van der Waals surface area contributed by atoms with Crippen LogP contribution in [0, 0.1) is 0 Å². The minimum absolute atomic E-state index is 0.0389. The first-order chi connectivity index (χ1) is 12.2. The summed E-state index contributed by atoms with van der Waals surface area (Å²) < 4.78 is 11.6. The molecule has 1 N–H and O–H groups in total. The number of rotatable bonds is 2. The summed E-state index contributed by atoms with van der Waals surface area (Å²) in [6, 6.07) is 7.63. The molecule has 1 saturated heterocycles. The van der Waals surface area contributed by atoms with E-state index >= 15 is 0 Å². The first kappa shape index (κ1) is 15.1. The van der Waals surface area contributed by atoms with Crippen molar-refractivity contribution < 1.29 is 14.1 Å². The third kappa shape index (κ3) is 2.47. The van der Waals surface area contributed by atoms with Gasteiger partial charge in [-0.3, -0.25) is 4.79 Å². The number of ether oxygens (including phenoxy) is 1. The number of nitrogens with zero attached hydrogens (tertiary/aromatic N) is 2. The van der Waals surface area contributed by atoms with Crippen LogP contribution in [-0.4, -0.2) is 34.8 Å². The summed E-state index contributed by atoms with van der Waals surface area (Å²) in [4.78, 5) is 16.8. The molecule has 5 rings (SSSR count). The molecule has 2 atom stereocenters. The number of aromatic nitrogens is 2. The van der Waals surface area contributed by atoms with E-state index in [4.69, 9.17) is 14.2 Å². The molecule has 1 aliphatic carbocycles. The first-order valence-corrected chi connectivity index (χ1v) is 9.09. The first-order valence-electron chi connectivity index (χ1n) is 9.09. The Labute approximate surface area is 145 Å². The van der Waals surface area contributed by atoms with Crippen LogP contribution in [0.25, 0.3) is 0 Å². The van der Waals surface area contributed by atoms with Crippen LogP contribution < -0.4 is 5.32 Å². The molecule has 2 fully saturated rings. The van der Waals surface area contributed by atoms with Gasteiger partial charge in [0.25, 0.3) is 5.91 Å². The number of fused-ring (bicyclic) bond motifs is 1. The number of carbonyl (C=O) groups is 1. The van der Waals surface area contributed by atoms with Gasteiger partial charge >= 0.3 is 0 Å². The molecule has 1 aromatic heterocycles. The van der Waals surface area contributed by atoms with Gasteiger partial charge in [0.15, 0.2) is 5.82 Å². The highest BCUT2D eigenvalue weighted by Gasteiger charge is 2.44. The molecule has 1 aromatic carbocycles. The number of benzene rings is 1. The largest absolute Gasteiger partial charge is 0.375 e. The lowest BCUT2D eigenvalue weighted by Gasteiger charge is -2.46. The Hall–Kier alpha value is -2.21. The van der Waals surface area contributed by atoms with Crippen molar-refractivity contribution >= 4 is 5.91 Å². The normalized spacial score (nSPS) is 27.4. The molecule has 1 spiro atoms. The third-order valence-electron chi connectivity index (χ3n) is 5.93. The van der Waals surface area contributed by atoms with E-state index in [0.29, 0.717) is 23.9 Å². The fraction of sp³-hybridized carbons (Fsp3) is 0.526. The van der Waals surface area contributed by atoms with E-state index in [1.165, 1.54) is 6.42 Å². The maximum Gasteiger partial charge on any atom is 0.251 e. The van der Waals surface area contributed by atoms with Gasteiger partial charge in [-0.15, -0.1) is 0 Å². The van der Waals surface area contributed by atoms with Crippen molar-refractivity contribution in [1.82, 2.24) is 15.5 Å². The van der Waals surface area contributed by atoms with Gasteiger partial charge in [-0.05, 0) is 43.7 Å². The Morgan fingerprint density at radius 1 is 1.24 bits per heavy atom. The number of carbonyl (C=O) groups excluding carboxylic acids is 1. The number of hydrogen-bond acceptors (Lipinski definition) is 5. The van der Waals surface area contributed by atoms with Crippen molar-refractivity contribution in [2.45, 2.75) is 49.5 Å². The Kier molecular flexibility index (Phi) is 3.41. The van der Waals surface area contributed by atoms with Crippen LogP contribution >= 0.6 is 0 Å². The lowest BCUT2D eigenvalue weighted by molar-refractivity contribution is -0.134. The molecule has 1 amide bonds. The van der Waals surface area contributed by atoms with Gasteiger partial charge in [-0.1, -0.05) is 23.4 Å². The summed E-state index contributed by atoms with van der Waals surface area (Å²) in [5.74, 6) is 1.58. The second-order valence-electron chi connectivity index (χ2n) is 7.42. The van der Waals surface area contributed by atoms with E-state index < -0.39 is 0 Å². The van der Waals surface area contributed by atoms with Gasteiger partial charge in [-0.25, -0.2) is 0 Å². The maximum absolute atomic E-state index is 12.0. The molecular weight excluding hydrogens is 318 g/mol. The van der Waals surface area contributed by atoms with Crippen LogP contribution in [0.4, 0.5) is 0 Å². The second kappa shape index (κ2) is 5.66. The molecule has 0 radical (unpaired) electrons. The molecule has 2 aliphatic heterocycles. The number of hydrogen-bond donors (Lipinski definition) is 1. The zero-order chi connectivity index (χ0) is 16.9. The summed E-state index contributed by atoms with van der Waals surface area (Å²) in [5, 5.41) is 7.20. The van der Waals surface area contributed by atoms with Crippen molar-refractivity contribution in [3.63, 3.8) is 0 Å². The smallest absolute Gasteiger partial charge is 0.251 e. The molecule has 130 valence electrons. The predicted octanol–water partition coefficient (Wildman–Crippen LogP) is 2.76. The lowest BCUT2D eigenvalue weighted by Crippen LogP contribution is -2.45. The van der Waals surface area contributed by atoms with Crippen LogP contribution in [0.5, 0.6) is 0 Å². The van der Waals surface area contributed by atoms with Gasteiger partial charge in [0.05, 0.1) is 11.5 Å². The average molecular weight is 339 g/mol. The highest BCUT2D eigenvalue weighted by molar-refractivity contribution is 5.97.